The molecular weight excluding hydrogens is 420 g/mol. The molecular formula is C27H52O6. The topological polar surface area (TPSA) is 63.2 Å². The Balaban J connectivity index is 2.31. The lowest BCUT2D eigenvalue weighted by atomic mass is 9.93. The van der Waals surface area contributed by atoms with Crippen molar-refractivity contribution in [3.05, 3.63) is 0 Å². The number of rotatable bonds is 23. The minimum Gasteiger partial charge on any atom is -0.370 e. The standard InChI is InChI=1S/C27H52O6/c1-4-5-6-7-8-9-10-11-12-13-14-15-17-26-25(32-23-30-3)19-20-27(33-26)24(18-16-21-28)31-22-29-2/h21,24-27H,4-20,22-23H2,1-3H3/t24-,25-,26-,27-/m1/s1. The fourth-order valence-electron chi connectivity index (χ4n) is 4.72. The Morgan fingerprint density at radius 3 is 2.03 bits per heavy atom. The largest absolute Gasteiger partial charge is 0.370 e. The molecule has 0 unspecified atom stereocenters. The maximum absolute atomic E-state index is 10.9. The predicted molar refractivity (Wildman–Crippen MR) is 132 cm³/mol. The smallest absolute Gasteiger partial charge is 0.146 e. The summed E-state index contributed by atoms with van der Waals surface area (Å²) in [6.07, 6.45) is 20.9. The van der Waals surface area contributed by atoms with Crippen LogP contribution in [0.5, 0.6) is 0 Å². The van der Waals surface area contributed by atoms with E-state index in [0.717, 1.165) is 32.0 Å². The van der Waals surface area contributed by atoms with Gasteiger partial charge in [0.2, 0.25) is 0 Å². The highest BCUT2D eigenvalue weighted by Gasteiger charge is 2.35. The second-order valence-electron chi connectivity index (χ2n) is 9.44. The van der Waals surface area contributed by atoms with Crippen LogP contribution in [0.1, 0.15) is 116 Å². The number of carbonyl (C=O) groups is 1. The van der Waals surface area contributed by atoms with Crippen LogP contribution in [0.25, 0.3) is 0 Å². The van der Waals surface area contributed by atoms with Crippen LogP contribution < -0.4 is 0 Å². The summed E-state index contributed by atoms with van der Waals surface area (Å²) in [7, 11) is 3.27. The molecule has 0 bridgehead atoms. The minimum absolute atomic E-state index is 0.0233. The van der Waals surface area contributed by atoms with Crippen molar-refractivity contribution in [2.75, 3.05) is 27.8 Å². The molecule has 1 rings (SSSR count). The average Bonchev–Trinajstić information content (AvgIpc) is 2.84. The zero-order chi connectivity index (χ0) is 24.0. The molecule has 0 aliphatic carbocycles. The first-order chi connectivity index (χ1) is 16.3. The third-order valence-electron chi connectivity index (χ3n) is 6.63. The number of ether oxygens (including phenoxy) is 5. The van der Waals surface area contributed by atoms with Crippen LogP contribution in [0.2, 0.25) is 0 Å². The van der Waals surface area contributed by atoms with E-state index in [2.05, 4.69) is 6.92 Å². The van der Waals surface area contributed by atoms with Crippen molar-refractivity contribution in [3.63, 3.8) is 0 Å². The summed E-state index contributed by atoms with van der Waals surface area (Å²) in [6, 6.07) is 0. The van der Waals surface area contributed by atoms with Crippen molar-refractivity contribution in [2.45, 2.75) is 140 Å². The number of hydrogen-bond acceptors (Lipinski definition) is 6. The molecule has 0 radical (unpaired) electrons. The lowest BCUT2D eigenvalue weighted by molar-refractivity contribution is -0.208. The lowest BCUT2D eigenvalue weighted by Crippen LogP contribution is -2.46. The van der Waals surface area contributed by atoms with E-state index < -0.39 is 0 Å². The number of aldehydes is 1. The van der Waals surface area contributed by atoms with Crippen molar-refractivity contribution < 1.29 is 28.5 Å². The summed E-state index contributed by atoms with van der Waals surface area (Å²) in [4.78, 5) is 10.9. The van der Waals surface area contributed by atoms with E-state index in [9.17, 15) is 4.79 Å². The van der Waals surface area contributed by atoms with Gasteiger partial charge in [0.05, 0.1) is 24.4 Å². The fourth-order valence-corrected chi connectivity index (χ4v) is 4.72. The van der Waals surface area contributed by atoms with E-state index >= 15 is 0 Å². The maximum Gasteiger partial charge on any atom is 0.146 e. The van der Waals surface area contributed by atoms with Gasteiger partial charge in [0.1, 0.15) is 19.9 Å². The highest BCUT2D eigenvalue weighted by atomic mass is 16.7. The van der Waals surface area contributed by atoms with Crippen LogP contribution in [-0.4, -0.2) is 58.5 Å². The van der Waals surface area contributed by atoms with Crippen molar-refractivity contribution in [2.24, 2.45) is 0 Å². The third-order valence-corrected chi connectivity index (χ3v) is 6.63. The van der Waals surface area contributed by atoms with E-state index in [-0.39, 0.29) is 31.2 Å². The summed E-state index contributed by atoms with van der Waals surface area (Å²) < 4.78 is 28.5. The fraction of sp³-hybridized carbons (Fsp3) is 0.963. The molecule has 33 heavy (non-hydrogen) atoms. The Kier molecular flexibility index (Phi) is 20.3. The zero-order valence-corrected chi connectivity index (χ0v) is 21.8. The number of hydrogen-bond donors (Lipinski definition) is 0. The maximum atomic E-state index is 10.9. The van der Waals surface area contributed by atoms with Crippen molar-refractivity contribution in [3.8, 4) is 0 Å². The first-order valence-corrected chi connectivity index (χ1v) is 13.6. The second-order valence-corrected chi connectivity index (χ2v) is 9.44. The molecule has 1 aliphatic rings. The number of unbranched alkanes of at least 4 members (excludes halogenated alkanes) is 11. The van der Waals surface area contributed by atoms with Crippen LogP contribution in [0.15, 0.2) is 0 Å². The van der Waals surface area contributed by atoms with Crippen molar-refractivity contribution in [1.29, 1.82) is 0 Å². The average molecular weight is 473 g/mol. The number of methoxy groups -OCH3 is 2. The molecule has 0 aromatic rings. The van der Waals surface area contributed by atoms with Crippen LogP contribution in [-0.2, 0) is 28.5 Å². The molecule has 6 nitrogen and oxygen atoms in total. The summed E-state index contributed by atoms with van der Waals surface area (Å²) in [5, 5.41) is 0. The van der Waals surface area contributed by atoms with Gasteiger partial charge in [-0.2, -0.15) is 0 Å². The van der Waals surface area contributed by atoms with E-state index in [1.165, 1.54) is 70.6 Å². The highest BCUT2D eigenvalue weighted by Crippen LogP contribution is 2.30. The SMILES string of the molecule is CCCCCCCCCCCCCC[C@H]1O[C@@H]([C@@H](CCC=O)OCOC)CC[C@H]1OCOC. The third kappa shape index (κ3) is 15.2. The molecule has 1 fully saturated rings. The Morgan fingerprint density at radius 2 is 1.45 bits per heavy atom. The monoisotopic (exact) mass is 472 g/mol. The normalized spacial score (nSPS) is 21.8. The van der Waals surface area contributed by atoms with E-state index in [0.29, 0.717) is 19.6 Å². The molecule has 1 aliphatic heterocycles. The molecule has 4 atom stereocenters. The first-order valence-electron chi connectivity index (χ1n) is 13.6. The summed E-state index contributed by atoms with van der Waals surface area (Å²) in [6.45, 7) is 2.79. The summed E-state index contributed by atoms with van der Waals surface area (Å²) in [5.41, 5.74) is 0. The van der Waals surface area contributed by atoms with Crippen LogP contribution in [0.4, 0.5) is 0 Å². The van der Waals surface area contributed by atoms with Gasteiger partial charge in [-0.25, -0.2) is 0 Å². The molecule has 0 N–H and O–H groups in total. The van der Waals surface area contributed by atoms with Crippen molar-refractivity contribution in [1.82, 2.24) is 0 Å². The number of carbonyl (C=O) groups excluding carboxylic acids is 1. The van der Waals surface area contributed by atoms with E-state index in [1.807, 2.05) is 0 Å². The van der Waals surface area contributed by atoms with Gasteiger partial charge in [-0.15, -0.1) is 0 Å². The van der Waals surface area contributed by atoms with Crippen molar-refractivity contribution >= 4 is 6.29 Å². The lowest BCUT2D eigenvalue weighted by Gasteiger charge is -2.39. The van der Waals surface area contributed by atoms with Gasteiger partial charge in [0.15, 0.2) is 0 Å². The Bertz CT molecular complexity index is 433. The summed E-state index contributed by atoms with van der Waals surface area (Å²) in [5.74, 6) is 0. The quantitative estimate of drug-likeness (QED) is 0.0950. The van der Waals surface area contributed by atoms with Gasteiger partial charge in [-0.1, -0.05) is 84.0 Å². The molecule has 6 heteroatoms. The van der Waals surface area contributed by atoms with Gasteiger partial charge in [0, 0.05) is 20.6 Å². The first kappa shape index (κ1) is 30.5. The zero-order valence-electron chi connectivity index (χ0n) is 21.8. The second kappa shape index (κ2) is 22.0. The van der Waals surface area contributed by atoms with Gasteiger partial charge >= 0.3 is 0 Å². The van der Waals surface area contributed by atoms with Gasteiger partial charge in [-0.05, 0) is 25.7 Å². The van der Waals surface area contributed by atoms with Gasteiger partial charge in [-0.3, -0.25) is 0 Å². The molecule has 0 spiro atoms. The van der Waals surface area contributed by atoms with Gasteiger partial charge in [0.25, 0.3) is 0 Å². The van der Waals surface area contributed by atoms with E-state index in [4.69, 9.17) is 23.7 Å². The summed E-state index contributed by atoms with van der Waals surface area (Å²) >= 11 is 0. The minimum atomic E-state index is -0.122. The highest BCUT2D eigenvalue weighted by molar-refractivity contribution is 5.49. The molecule has 1 saturated heterocycles. The molecule has 196 valence electrons. The molecule has 1 heterocycles. The van der Waals surface area contributed by atoms with Crippen LogP contribution in [0, 0.1) is 0 Å². The van der Waals surface area contributed by atoms with Gasteiger partial charge < -0.3 is 28.5 Å². The van der Waals surface area contributed by atoms with Crippen LogP contribution >= 0.6 is 0 Å². The Hall–Kier alpha value is -0.530. The Labute approximate surface area is 203 Å². The van der Waals surface area contributed by atoms with E-state index in [1.54, 1.807) is 14.2 Å². The Morgan fingerprint density at radius 1 is 0.848 bits per heavy atom. The molecule has 0 aromatic carbocycles. The van der Waals surface area contributed by atoms with Crippen LogP contribution in [0.3, 0.4) is 0 Å². The molecule has 0 saturated carbocycles. The molecule has 0 aromatic heterocycles. The molecule has 0 amide bonds. The predicted octanol–water partition coefficient (Wildman–Crippen LogP) is 6.58.